The molecule has 0 spiro atoms. The van der Waals surface area contributed by atoms with E-state index in [1.54, 1.807) is 79.4 Å². The summed E-state index contributed by atoms with van der Waals surface area (Å²) in [6, 6.07) is 20.7. The number of aliphatic hydroxyl groups is 1. The Kier molecular flexibility index (Phi) is 18.4. The molecule has 10 rings (SSSR count). The second-order valence-electron chi connectivity index (χ2n) is 22.8. The summed E-state index contributed by atoms with van der Waals surface area (Å²) in [6.45, 7) is 11.7. The van der Waals surface area contributed by atoms with Crippen molar-refractivity contribution >= 4 is 92.2 Å². The van der Waals surface area contributed by atoms with E-state index in [-0.39, 0.29) is 42.8 Å². The van der Waals surface area contributed by atoms with Gasteiger partial charge in [-0.3, -0.25) is 14.5 Å². The van der Waals surface area contributed by atoms with Gasteiger partial charge in [-0.25, -0.2) is 29.5 Å². The first-order chi connectivity index (χ1) is 39.9. The molecule has 4 atom stereocenters. The van der Waals surface area contributed by atoms with Crippen LogP contribution in [0, 0.1) is 11.8 Å². The highest BCUT2D eigenvalue weighted by Crippen LogP contribution is 2.48. The van der Waals surface area contributed by atoms with E-state index in [4.69, 9.17) is 84.8 Å². The van der Waals surface area contributed by atoms with Crippen molar-refractivity contribution in [2.75, 3.05) is 54.7 Å². The molecule has 3 aliphatic rings. The van der Waals surface area contributed by atoms with Crippen LogP contribution in [-0.2, 0) is 22.3 Å². The van der Waals surface area contributed by atoms with Gasteiger partial charge in [0.25, 0.3) is 11.8 Å². The van der Waals surface area contributed by atoms with Crippen molar-refractivity contribution in [2.24, 2.45) is 11.8 Å². The Bertz CT molecular complexity index is 3600. The normalized spacial score (nSPS) is 17.8. The summed E-state index contributed by atoms with van der Waals surface area (Å²) >= 11 is 26.5. The van der Waals surface area contributed by atoms with Gasteiger partial charge in [0.05, 0.1) is 89.4 Å². The summed E-state index contributed by atoms with van der Waals surface area (Å²) in [4.78, 5) is 75.5. The SMILES string of the molecule is COc1cc(OC)c(Cl)c(-c2ccc3nc(C[C@H]4C[C@@H](CN5C(=O)c6ccccc6C5=O)N(C(=O)OC(C)(C)C)C4)ncc3c2)c1Cl.COc1cc(OC)c(Cl)c(-c2ccc3nc(C[C@H]4C[C@@H](CO)N(C(=O)OC(C)(C)C)C4)ncc3c2)c1Cl. The lowest BCUT2D eigenvalue weighted by atomic mass is 10.0. The first kappa shape index (κ1) is 61.3. The second-order valence-corrected chi connectivity index (χ2v) is 24.3. The number of imide groups is 1. The fourth-order valence-corrected chi connectivity index (χ4v) is 12.3. The number of aromatic nitrogens is 4. The molecule has 1 N–H and O–H groups in total. The number of halogens is 4. The number of nitrogens with zero attached hydrogens (tertiary/aromatic N) is 7. The molecule has 4 amide bonds. The maximum Gasteiger partial charge on any atom is 0.410 e. The van der Waals surface area contributed by atoms with E-state index in [0.717, 1.165) is 32.9 Å². The van der Waals surface area contributed by atoms with Crippen LogP contribution >= 0.6 is 46.4 Å². The molecule has 0 radical (unpaired) electrons. The van der Waals surface area contributed by atoms with E-state index in [9.17, 15) is 24.3 Å². The van der Waals surface area contributed by atoms with Gasteiger partial charge in [0, 0.05) is 78.9 Å². The van der Waals surface area contributed by atoms with Gasteiger partial charge in [-0.1, -0.05) is 70.7 Å². The van der Waals surface area contributed by atoms with Gasteiger partial charge in [0.1, 0.15) is 45.8 Å². The Morgan fingerprint density at radius 2 is 0.952 bits per heavy atom. The third-order valence-electron chi connectivity index (χ3n) is 14.7. The highest BCUT2D eigenvalue weighted by atomic mass is 35.5. The van der Waals surface area contributed by atoms with Crippen molar-refractivity contribution in [3.05, 3.63) is 128 Å². The van der Waals surface area contributed by atoms with Gasteiger partial charge in [-0.15, -0.1) is 0 Å². The number of ether oxygens (including phenoxy) is 6. The van der Waals surface area contributed by atoms with Crippen LogP contribution in [0.5, 0.6) is 23.0 Å². The van der Waals surface area contributed by atoms with Crippen molar-refractivity contribution < 1.29 is 52.7 Å². The van der Waals surface area contributed by atoms with Gasteiger partial charge < -0.3 is 43.3 Å². The first-order valence-electron chi connectivity index (χ1n) is 27.2. The number of hydrogen-bond donors (Lipinski definition) is 1. The van der Waals surface area contributed by atoms with Crippen LogP contribution in [0.2, 0.25) is 20.1 Å². The molecule has 3 aliphatic heterocycles. The van der Waals surface area contributed by atoms with Gasteiger partial charge in [0.15, 0.2) is 0 Å². The Hall–Kier alpha value is -7.22. The lowest BCUT2D eigenvalue weighted by Crippen LogP contribution is -2.46. The molecule has 7 aromatic rings. The molecule has 5 aromatic carbocycles. The number of carbonyl (C=O) groups is 4. The van der Waals surface area contributed by atoms with Crippen LogP contribution in [0.1, 0.15) is 86.7 Å². The molecule has 0 aliphatic carbocycles. The lowest BCUT2D eigenvalue weighted by molar-refractivity contribution is 0.0169. The summed E-state index contributed by atoms with van der Waals surface area (Å²) in [5.74, 6) is 2.46. The molecule has 0 unspecified atom stereocenters. The molecular weight excluding hydrogens is 1160 g/mol. The molecule has 2 fully saturated rings. The van der Waals surface area contributed by atoms with E-state index in [1.165, 1.54) is 33.3 Å². The van der Waals surface area contributed by atoms with E-state index < -0.39 is 29.4 Å². The van der Waals surface area contributed by atoms with Crippen molar-refractivity contribution in [3.63, 3.8) is 0 Å². The van der Waals surface area contributed by atoms with Gasteiger partial charge >= 0.3 is 12.2 Å². The van der Waals surface area contributed by atoms with Crippen molar-refractivity contribution in [1.29, 1.82) is 0 Å². The number of rotatable bonds is 13. The van der Waals surface area contributed by atoms with Crippen LogP contribution in [0.3, 0.4) is 0 Å². The van der Waals surface area contributed by atoms with Crippen LogP contribution in [-0.4, -0.2) is 142 Å². The number of carbonyl (C=O) groups excluding carboxylic acids is 4. The Balaban J connectivity index is 0.000000208. The number of amides is 4. The largest absolute Gasteiger partial charge is 0.495 e. The number of likely N-dealkylation sites (tertiary alicyclic amines) is 2. The van der Waals surface area contributed by atoms with E-state index >= 15 is 0 Å². The van der Waals surface area contributed by atoms with E-state index in [2.05, 4.69) is 9.97 Å². The van der Waals surface area contributed by atoms with Crippen molar-refractivity contribution in [2.45, 2.75) is 90.5 Å². The summed E-state index contributed by atoms with van der Waals surface area (Å²) in [5, 5.41) is 12.9. The molecule has 0 saturated carbocycles. The third-order valence-corrected chi connectivity index (χ3v) is 16.2. The summed E-state index contributed by atoms with van der Waals surface area (Å²) < 4.78 is 32.9. The minimum absolute atomic E-state index is 0.0266. The van der Waals surface area contributed by atoms with E-state index in [0.29, 0.717) is 116 Å². The average molecular weight is 1230 g/mol. The van der Waals surface area contributed by atoms with Crippen LogP contribution in [0.4, 0.5) is 9.59 Å². The zero-order valence-corrected chi connectivity index (χ0v) is 51.2. The molecule has 2 saturated heterocycles. The Morgan fingerprint density at radius 3 is 1.32 bits per heavy atom. The minimum Gasteiger partial charge on any atom is -0.495 e. The van der Waals surface area contributed by atoms with Crippen LogP contribution in [0.25, 0.3) is 44.1 Å². The van der Waals surface area contributed by atoms with Gasteiger partial charge in [-0.2, -0.15) is 0 Å². The van der Waals surface area contributed by atoms with Gasteiger partial charge in [0.2, 0.25) is 0 Å². The first-order valence-corrected chi connectivity index (χ1v) is 28.7. The predicted octanol–water partition coefficient (Wildman–Crippen LogP) is 12.9. The molecule has 5 heterocycles. The van der Waals surface area contributed by atoms with Gasteiger partial charge in [-0.05, 0) is 114 Å². The molecule has 0 bridgehead atoms. The maximum absolute atomic E-state index is 13.3. The second kappa shape index (κ2) is 25.2. The number of hydrogen-bond acceptors (Lipinski definition) is 15. The Labute approximate surface area is 507 Å². The number of aliphatic hydroxyl groups excluding tert-OH is 1. The van der Waals surface area contributed by atoms with Crippen molar-refractivity contribution in [3.8, 4) is 45.3 Å². The topological polar surface area (TPSA) is 205 Å². The predicted molar refractivity (Wildman–Crippen MR) is 322 cm³/mol. The smallest absolute Gasteiger partial charge is 0.410 e. The maximum atomic E-state index is 13.3. The quantitative estimate of drug-likeness (QED) is 0.107. The molecular formula is C62H65Cl4N7O11. The molecule has 84 heavy (non-hydrogen) atoms. The van der Waals surface area contributed by atoms with Crippen molar-refractivity contribution in [1.82, 2.24) is 34.6 Å². The minimum atomic E-state index is -0.708. The monoisotopic (exact) mass is 1220 g/mol. The summed E-state index contributed by atoms with van der Waals surface area (Å²) in [7, 11) is 6.12. The molecule has 18 nitrogen and oxygen atoms in total. The molecule has 22 heteroatoms. The zero-order valence-electron chi connectivity index (χ0n) is 48.2. The number of methoxy groups -OCH3 is 4. The molecule has 442 valence electrons. The fourth-order valence-electron chi connectivity index (χ4n) is 10.8. The summed E-state index contributed by atoms with van der Waals surface area (Å²) in [6.07, 6.45) is 4.89. The lowest BCUT2D eigenvalue weighted by Gasteiger charge is -2.30. The zero-order chi connectivity index (χ0) is 60.5. The highest BCUT2D eigenvalue weighted by Gasteiger charge is 2.44. The number of fused-ring (bicyclic) bond motifs is 3. The van der Waals surface area contributed by atoms with E-state index in [1.807, 2.05) is 57.2 Å². The van der Waals surface area contributed by atoms with Crippen LogP contribution < -0.4 is 18.9 Å². The standard InChI is InChI=1S/C35H34Cl2N4O6.C27H31Cl2N3O5/c1-35(2,3)47-34(44)40-17-19(12-22(40)18-41-32(42)23-8-6-7-9-24(23)33(41)43)13-28-38-16-21-14-20(10-11-25(21)39-28)29-30(36)26(45-4)15-27(46-5)31(29)37;1-27(2,3)37-26(34)32-13-15(8-18(32)14-33)9-22-30-12-17-10-16(6-7-19(17)31-22)23-24(28)20(35-4)11-21(36-5)25(23)29/h6-11,14-16,19,22H,12-13,17-18H2,1-5H3;6-7,10-12,15,18,33H,8-9,13-14H2,1-5H3/t19-,22+;15-,18+/m11/s1. The average Bonchev–Trinajstić information content (AvgIpc) is 1.64. The molecule has 2 aromatic heterocycles. The highest BCUT2D eigenvalue weighted by molar-refractivity contribution is 6.42. The van der Waals surface area contributed by atoms with Crippen LogP contribution in [0.15, 0.2) is 85.2 Å². The third kappa shape index (κ3) is 13.2. The Morgan fingerprint density at radius 1 is 0.571 bits per heavy atom. The summed E-state index contributed by atoms with van der Waals surface area (Å²) in [5.41, 5.74) is 3.66. The fraction of sp³-hybridized carbons (Fsp3) is 0.387. The number of benzene rings is 5.